The number of amides is 2. The summed E-state index contributed by atoms with van der Waals surface area (Å²) in [5, 5.41) is 4.96. The van der Waals surface area contributed by atoms with Crippen molar-refractivity contribution < 1.29 is 42.9 Å². The summed E-state index contributed by atoms with van der Waals surface area (Å²) in [5.74, 6) is -1.93. The molecular formula is C37H44N2O9. The highest BCUT2D eigenvalue weighted by Crippen LogP contribution is 2.44. The molecule has 11 nitrogen and oxygen atoms in total. The fourth-order valence-corrected chi connectivity index (χ4v) is 5.00. The van der Waals surface area contributed by atoms with Gasteiger partial charge < -0.3 is 34.3 Å². The van der Waals surface area contributed by atoms with E-state index in [1.807, 2.05) is 54.6 Å². The van der Waals surface area contributed by atoms with E-state index in [-0.39, 0.29) is 25.7 Å². The second-order valence-electron chi connectivity index (χ2n) is 13.4. The van der Waals surface area contributed by atoms with Crippen LogP contribution in [0, 0.1) is 0 Å². The first-order chi connectivity index (χ1) is 22.7. The second-order valence-corrected chi connectivity index (χ2v) is 13.4. The number of ether oxygens (including phenoxy) is 5. The van der Waals surface area contributed by atoms with Crippen LogP contribution in [0.1, 0.15) is 64.2 Å². The van der Waals surface area contributed by atoms with Crippen molar-refractivity contribution in [2.75, 3.05) is 19.8 Å². The lowest BCUT2D eigenvalue weighted by atomic mass is 9.98. The van der Waals surface area contributed by atoms with E-state index < -0.39 is 54.0 Å². The number of rotatable bonds is 12. The van der Waals surface area contributed by atoms with Gasteiger partial charge >= 0.3 is 24.1 Å². The first-order valence-electron chi connectivity index (χ1n) is 15.8. The van der Waals surface area contributed by atoms with Crippen molar-refractivity contribution in [1.82, 2.24) is 10.6 Å². The lowest BCUT2D eigenvalue weighted by Gasteiger charge is -2.25. The van der Waals surface area contributed by atoms with Gasteiger partial charge in [-0.15, -0.1) is 0 Å². The SMILES string of the molecule is CC(C)(C)OC[C@H](NC(=O)OCC1c2ccccc2-c2ccccc21)C(=O)OC[C@H](NC(=O)OC(C)(C)C)C(=O)OCc1ccccc1. The highest BCUT2D eigenvalue weighted by molar-refractivity contribution is 5.84. The van der Waals surface area contributed by atoms with Crippen LogP contribution in [0.5, 0.6) is 0 Å². The van der Waals surface area contributed by atoms with Crippen LogP contribution in [0.4, 0.5) is 9.59 Å². The quantitative estimate of drug-likeness (QED) is 0.180. The zero-order valence-electron chi connectivity index (χ0n) is 28.2. The lowest BCUT2D eigenvalue weighted by Crippen LogP contribution is -2.50. The standard InChI is InChI=1S/C37H44N2O9/c1-36(2,3)47-23-31(38-34(42)46-21-29-27-18-12-10-16-25(27)26-17-11-13-19-28(26)29)33(41)45-22-30(39-35(43)48-37(4,5)6)32(40)44-20-24-14-8-7-9-15-24/h7-19,29-31H,20-23H2,1-6H3,(H,38,42)(H,39,43)/t30-,31-/m0/s1. The minimum absolute atomic E-state index is 0.0386. The van der Waals surface area contributed by atoms with Gasteiger partial charge in [0.05, 0.1) is 12.2 Å². The molecule has 256 valence electrons. The molecule has 0 heterocycles. The molecule has 11 heteroatoms. The van der Waals surface area contributed by atoms with Crippen molar-refractivity contribution in [3.63, 3.8) is 0 Å². The summed E-state index contributed by atoms with van der Waals surface area (Å²) < 4.78 is 27.5. The summed E-state index contributed by atoms with van der Waals surface area (Å²) in [7, 11) is 0. The molecule has 0 bridgehead atoms. The highest BCUT2D eigenvalue weighted by Gasteiger charge is 2.32. The van der Waals surface area contributed by atoms with E-state index in [4.69, 9.17) is 23.7 Å². The third kappa shape index (κ3) is 10.6. The predicted molar refractivity (Wildman–Crippen MR) is 178 cm³/mol. The first-order valence-corrected chi connectivity index (χ1v) is 15.8. The molecule has 4 rings (SSSR count). The smallest absolute Gasteiger partial charge is 0.408 e. The van der Waals surface area contributed by atoms with E-state index in [0.717, 1.165) is 27.8 Å². The number of carbonyl (C=O) groups is 4. The Kier molecular flexibility index (Phi) is 11.8. The first kappa shape index (κ1) is 35.9. The van der Waals surface area contributed by atoms with Gasteiger partial charge in [-0.05, 0) is 69.4 Å². The zero-order valence-corrected chi connectivity index (χ0v) is 28.2. The fraction of sp³-hybridized carbons (Fsp3) is 0.405. The van der Waals surface area contributed by atoms with Crippen molar-refractivity contribution in [2.24, 2.45) is 0 Å². The second kappa shape index (κ2) is 15.8. The Morgan fingerprint density at radius 3 is 1.73 bits per heavy atom. The summed E-state index contributed by atoms with van der Waals surface area (Å²) in [6.45, 7) is 9.55. The average Bonchev–Trinajstić information content (AvgIpc) is 3.35. The number of esters is 2. The van der Waals surface area contributed by atoms with Gasteiger partial charge in [0.15, 0.2) is 12.1 Å². The van der Waals surface area contributed by atoms with Gasteiger partial charge in [-0.3, -0.25) is 0 Å². The summed E-state index contributed by atoms with van der Waals surface area (Å²) >= 11 is 0. The molecule has 0 aliphatic heterocycles. The number of hydrogen-bond acceptors (Lipinski definition) is 9. The largest absolute Gasteiger partial charge is 0.461 e. The van der Waals surface area contributed by atoms with E-state index in [0.29, 0.717) is 0 Å². The molecule has 0 spiro atoms. The highest BCUT2D eigenvalue weighted by atomic mass is 16.6. The zero-order chi connectivity index (χ0) is 34.9. The number of alkyl carbamates (subject to hydrolysis) is 2. The Balaban J connectivity index is 1.41. The Bertz CT molecular complexity index is 1530. The maximum absolute atomic E-state index is 13.3. The fourth-order valence-electron chi connectivity index (χ4n) is 5.00. The van der Waals surface area contributed by atoms with Crippen LogP contribution in [0.15, 0.2) is 78.9 Å². The van der Waals surface area contributed by atoms with Crippen LogP contribution < -0.4 is 10.6 Å². The number of benzene rings is 3. The predicted octanol–water partition coefficient (Wildman–Crippen LogP) is 5.89. The van der Waals surface area contributed by atoms with Crippen LogP contribution in [-0.2, 0) is 39.9 Å². The molecule has 0 aromatic heterocycles. The van der Waals surface area contributed by atoms with Crippen molar-refractivity contribution in [3.8, 4) is 11.1 Å². The van der Waals surface area contributed by atoms with E-state index in [2.05, 4.69) is 10.6 Å². The van der Waals surface area contributed by atoms with Crippen molar-refractivity contribution in [1.29, 1.82) is 0 Å². The summed E-state index contributed by atoms with van der Waals surface area (Å²) in [6.07, 6.45) is -1.74. The Labute approximate surface area is 281 Å². The molecule has 3 aromatic carbocycles. The number of carbonyl (C=O) groups excluding carboxylic acids is 4. The molecule has 0 unspecified atom stereocenters. The number of hydrogen-bond donors (Lipinski definition) is 2. The number of fused-ring (bicyclic) bond motifs is 3. The van der Waals surface area contributed by atoms with Gasteiger partial charge in [-0.25, -0.2) is 19.2 Å². The van der Waals surface area contributed by atoms with Crippen LogP contribution in [0.25, 0.3) is 11.1 Å². The molecule has 48 heavy (non-hydrogen) atoms. The Hall–Kier alpha value is -4.90. The third-order valence-corrected chi connectivity index (χ3v) is 7.19. The molecule has 0 saturated heterocycles. The topological polar surface area (TPSA) is 138 Å². The molecule has 2 N–H and O–H groups in total. The monoisotopic (exact) mass is 660 g/mol. The van der Waals surface area contributed by atoms with E-state index in [9.17, 15) is 19.2 Å². The van der Waals surface area contributed by atoms with Gasteiger partial charge in [0, 0.05) is 5.92 Å². The normalized spacial score (nSPS) is 13.7. The molecule has 0 saturated carbocycles. The summed E-state index contributed by atoms with van der Waals surface area (Å²) in [6, 6.07) is 22.2. The maximum atomic E-state index is 13.3. The van der Waals surface area contributed by atoms with Gasteiger partial charge in [0.25, 0.3) is 0 Å². The molecule has 2 atom stereocenters. The minimum Gasteiger partial charge on any atom is -0.461 e. The van der Waals surface area contributed by atoms with Crippen LogP contribution in [0.3, 0.4) is 0 Å². The average molecular weight is 661 g/mol. The summed E-state index contributed by atoms with van der Waals surface area (Å²) in [4.78, 5) is 52.0. The van der Waals surface area contributed by atoms with Gasteiger partial charge in [-0.1, -0.05) is 78.9 Å². The molecule has 3 aromatic rings. The molecule has 1 aliphatic rings. The van der Waals surface area contributed by atoms with Crippen molar-refractivity contribution in [2.45, 2.75) is 77.4 Å². The van der Waals surface area contributed by atoms with Gasteiger partial charge in [-0.2, -0.15) is 0 Å². The molecule has 0 radical (unpaired) electrons. The van der Waals surface area contributed by atoms with Gasteiger partial charge in [0.2, 0.25) is 0 Å². The van der Waals surface area contributed by atoms with E-state index in [1.54, 1.807) is 65.8 Å². The summed E-state index contributed by atoms with van der Waals surface area (Å²) in [5.41, 5.74) is 3.48. The number of nitrogens with one attached hydrogen (secondary N) is 2. The van der Waals surface area contributed by atoms with E-state index in [1.165, 1.54) is 0 Å². The Morgan fingerprint density at radius 1 is 0.625 bits per heavy atom. The van der Waals surface area contributed by atoms with E-state index >= 15 is 0 Å². The van der Waals surface area contributed by atoms with Crippen molar-refractivity contribution in [3.05, 3.63) is 95.6 Å². The van der Waals surface area contributed by atoms with Crippen LogP contribution in [-0.4, -0.2) is 67.2 Å². The minimum atomic E-state index is -1.40. The third-order valence-electron chi connectivity index (χ3n) is 7.19. The molecule has 0 fully saturated rings. The molecule has 2 amide bonds. The van der Waals surface area contributed by atoms with Crippen LogP contribution in [0.2, 0.25) is 0 Å². The molecule has 1 aliphatic carbocycles. The molecular weight excluding hydrogens is 616 g/mol. The lowest BCUT2D eigenvalue weighted by molar-refractivity contribution is -0.155. The maximum Gasteiger partial charge on any atom is 0.408 e. The van der Waals surface area contributed by atoms with Gasteiger partial charge in [0.1, 0.15) is 25.4 Å². The Morgan fingerprint density at radius 2 is 1.15 bits per heavy atom. The van der Waals surface area contributed by atoms with Crippen LogP contribution >= 0.6 is 0 Å². The van der Waals surface area contributed by atoms with Crippen molar-refractivity contribution >= 4 is 24.1 Å².